The lowest BCUT2D eigenvalue weighted by Gasteiger charge is -2.36. The van der Waals surface area contributed by atoms with Crippen LogP contribution >= 0.6 is 0 Å². The molecule has 8 nitrogen and oxygen atoms in total. The summed E-state index contributed by atoms with van der Waals surface area (Å²) in [4.78, 5) is 16.9. The number of nitrogens with two attached hydrogens (primary N) is 1. The predicted octanol–water partition coefficient (Wildman–Crippen LogP) is 3.55. The van der Waals surface area contributed by atoms with Gasteiger partial charge in [0.1, 0.15) is 11.6 Å². The normalized spacial score (nSPS) is 14.8. The molecule has 1 saturated heterocycles. The van der Waals surface area contributed by atoms with E-state index in [1.165, 1.54) is 12.1 Å². The van der Waals surface area contributed by atoms with Gasteiger partial charge < -0.3 is 20.7 Å². The molecule has 0 bridgehead atoms. The van der Waals surface area contributed by atoms with Gasteiger partial charge in [0.15, 0.2) is 0 Å². The first-order chi connectivity index (χ1) is 15.8. The highest BCUT2D eigenvalue weighted by Gasteiger charge is 2.31. The van der Waals surface area contributed by atoms with Crippen molar-refractivity contribution in [2.24, 2.45) is 0 Å². The van der Waals surface area contributed by atoms with Crippen LogP contribution < -0.4 is 20.7 Å². The van der Waals surface area contributed by atoms with Crippen LogP contribution in [0.5, 0.6) is 5.75 Å². The van der Waals surface area contributed by atoms with Gasteiger partial charge in [-0.15, -0.1) is 0 Å². The van der Waals surface area contributed by atoms with E-state index in [-0.39, 0.29) is 5.95 Å². The number of piperazine rings is 1. The molecule has 0 saturated carbocycles. The minimum Gasteiger partial charge on any atom is -0.495 e. The summed E-state index contributed by atoms with van der Waals surface area (Å²) in [5.74, 6) is 1.56. The van der Waals surface area contributed by atoms with Gasteiger partial charge in [0, 0.05) is 31.9 Å². The summed E-state index contributed by atoms with van der Waals surface area (Å²) in [6, 6.07) is 12.8. The van der Waals surface area contributed by atoms with E-state index >= 15 is 0 Å². The summed E-state index contributed by atoms with van der Waals surface area (Å²) >= 11 is 0. The average Bonchev–Trinajstić information content (AvgIpc) is 2.79. The Morgan fingerprint density at radius 2 is 1.76 bits per heavy atom. The molecule has 1 aromatic heterocycles. The average molecular weight is 459 g/mol. The number of hydrogen-bond acceptors (Lipinski definition) is 8. The van der Waals surface area contributed by atoms with Crippen molar-refractivity contribution in [3.8, 4) is 5.75 Å². The van der Waals surface area contributed by atoms with Gasteiger partial charge in [-0.2, -0.15) is 28.1 Å². The molecule has 11 heteroatoms. The topological polar surface area (TPSA) is 92.4 Å². The first-order valence-electron chi connectivity index (χ1n) is 10.4. The van der Waals surface area contributed by atoms with Crippen LogP contribution in [-0.4, -0.2) is 53.1 Å². The number of nitrogen functional groups attached to an aromatic ring is 1. The van der Waals surface area contributed by atoms with Gasteiger partial charge in [0.2, 0.25) is 11.9 Å². The molecule has 174 valence electrons. The Hall–Kier alpha value is -3.60. The summed E-state index contributed by atoms with van der Waals surface area (Å²) < 4.78 is 44.4. The minimum absolute atomic E-state index is 0.0972. The fourth-order valence-electron chi connectivity index (χ4n) is 3.68. The number of nitrogens with zero attached hydrogens (tertiary/aromatic N) is 5. The van der Waals surface area contributed by atoms with Crippen molar-refractivity contribution in [1.29, 1.82) is 0 Å². The third-order valence-electron chi connectivity index (χ3n) is 5.33. The Morgan fingerprint density at radius 1 is 1.00 bits per heavy atom. The first kappa shape index (κ1) is 22.6. The number of para-hydroxylation sites is 2. The van der Waals surface area contributed by atoms with Gasteiger partial charge in [-0.1, -0.05) is 18.2 Å². The number of nitrogens with one attached hydrogen (secondary N) is 1. The van der Waals surface area contributed by atoms with Gasteiger partial charge in [-0.3, -0.25) is 4.90 Å². The molecule has 3 N–H and O–H groups in total. The summed E-state index contributed by atoms with van der Waals surface area (Å²) in [6.45, 7) is 2.93. The van der Waals surface area contributed by atoms with Crippen LogP contribution in [0.3, 0.4) is 0 Å². The van der Waals surface area contributed by atoms with Crippen LogP contribution in [0.4, 0.5) is 36.4 Å². The second-order valence-corrected chi connectivity index (χ2v) is 7.57. The lowest BCUT2D eigenvalue weighted by Crippen LogP contribution is -2.46. The number of hydrogen-bond donors (Lipinski definition) is 2. The molecule has 1 aliphatic rings. The molecule has 33 heavy (non-hydrogen) atoms. The largest absolute Gasteiger partial charge is 0.495 e. The predicted molar refractivity (Wildman–Crippen MR) is 119 cm³/mol. The molecular formula is C22H24F3N7O. The molecule has 0 aliphatic carbocycles. The Bertz CT molecular complexity index is 1100. The summed E-state index contributed by atoms with van der Waals surface area (Å²) in [6.07, 6.45) is -4.36. The van der Waals surface area contributed by atoms with Crippen LogP contribution in [0.15, 0.2) is 48.5 Å². The van der Waals surface area contributed by atoms with Crippen LogP contribution in [-0.2, 0) is 12.7 Å². The minimum atomic E-state index is -4.36. The van der Waals surface area contributed by atoms with Crippen molar-refractivity contribution in [3.05, 3.63) is 59.9 Å². The first-order valence-corrected chi connectivity index (χ1v) is 10.4. The smallest absolute Gasteiger partial charge is 0.416 e. The molecule has 1 fully saturated rings. The van der Waals surface area contributed by atoms with Gasteiger partial charge in [0.25, 0.3) is 0 Å². The lowest BCUT2D eigenvalue weighted by molar-refractivity contribution is -0.137. The third kappa shape index (κ3) is 5.61. The summed E-state index contributed by atoms with van der Waals surface area (Å²) in [7, 11) is 1.58. The van der Waals surface area contributed by atoms with Crippen LogP contribution in [0, 0.1) is 0 Å². The SMILES string of the molecule is COc1ccccc1Nc1nc(N)nc(CN2CCN(c3cccc(C(F)(F)F)c3)CC2)n1. The van der Waals surface area contributed by atoms with Gasteiger partial charge in [-0.25, -0.2) is 0 Å². The number of rotatable bonds is 6. The van der Waals surface area contributed by atoms with Gasteiger partial charge in [-0.05, 0) is 30.3 Å². The zero-order chi connectivity index (χ0) is 23.4. The maximum atomic E-state index is 13.0. The molecule has 1 aliphatic heterocycles. The maximum Gasteiger partial charge on any atom is 0.416 e. The van der Waals surface area contributed by atoms with E-state index in [0.29, 0.717) is 61.6 Å². The Kier molecular flexibility index (Phi) is 6.50. The lowest BCUT2D eigenvalue weighted by atomic mass is 10.1. The number of methoxy groups -OCH3 is 1. The quantitative estimate of drug-likeness (QED) is 0.578. The number of aromatic nitrogens is 3. The second-order valence-electron chi connectivity index (χ2n) is 7.57. The fraction of sp³-hybridized carbons (Fsp3) is 0.318. The van der Waals surface area contributed by atoms with E-state index in [4.69, 9.17) is 10.5 Å². The molecule has 4 rings (SSSR count). The van der Waals surface area contributed by atoms with Crippen LogP contribution in [0.1, 0.15) is 11.4 Å². The Labute approximate surface area is 189 Å². The maximum absolute atomic E-state index is 13.0. The second kappa shape index (κ2) is 9.49. The fourth-order valence-corrected chi connectivity index (χ4v) is 3.68. The van der Waals surface area contributed by atoms with Crippen molar-refractivity contribution in [3.63, 3.8) is 0 Å². The van der Waals surface area contributed by atoms with Crippen LogP contribution in [0.25, 0.3) is 0 Å². The molecule has 0 unspecified atom stereocenters. The van der Waals surface area contributed by atoms with E-state index in [1.807, 2.05) is 29.2 Å². The standard InChI is InChI=1S/C22H24F3N7O/c1-33-18-8-3-2-7-17(18)27-21-29-19(28-20(26)30-21)14-31-9-11-32(12-10-31)16-6-4-5-15(13-16)22(23,24)25/h2-8,13H,9-12,14H2,1H3,(H3,26,27,28,29,30). The number of halogens is 3. The van der Waals surface area contributed by atoms with Crippen molar-refractivity contribution in [1.82, 2.24) is 19.9 Å². The Morgan fingerprint density at radius 3 is 2.48 bits per heavy atom. The van der Waals surface area contributed by atoms with E-state index in [0.717, 1.165) is 6.07 Å². The number of ether oxygens (including phenoxy) is 1. The number of alkyl halides is 3. The highest BCUT2D eigenvalue weighted by molar-refractivity contribution is 5.62. The molecular weight excluding hydrogens is 435 g/mol. The Balaban J connectivity index is 1.40. The van der Waals surface area contributed by atoms with Gasteiger partial charge >= 0.3 is 6.18 Å². The van der Waals surface area contributed by atoms with Crippen LogP contribution in [0.2, 0.25) is 0 Å². The molecule has 2 aromatic carbocycles. The molecule has 3 aromatic rings. The zero-order valence-electron chi connectivity index (χ0n) is 18.0. The molecule has 2 heterocycles. The number of anilines is 4. The van der Waals surface area contributed by atoms with E-state index in [9.17, 15) is 13.2 Å². The van der Waals surface area contributed by atoms with Crippen molar-refractivity contribution >= 4 is 23.3 Å². The van der Waals surface area contributed by atoms with E-state index in [2.05, 4.69) is 25.2 Å². The molecule has 0 spiro atoms. The van der Waals surface area contributed by atoms with E-state index < -0.39 is 11.7 Å². The monoisotopic (exact) mass is 459 g/mol. The zero-order valence-corrected chi connectivity index (χ0v) is 18.0. The highest BCUT2D eigenvalue weighted by Crippen LogP contribution is 2.32. The van der Waals surface area contributed by atoms with Crippen molar-refractivity contribution in [2.75, 3.05) is 49.2 Å². The highest BCUT2D eigenvalue weighted by atomic mass is 19.4. The number of benzene rings is 2. The molecule has 0 atom stereocenters. The molecule has 0 radical (unpaired) electrons. The van der Waals surface area contributed by atoms with Crippen molar-refractivity contribution in [2.45, 2.75) is 12.7 Å². The summed E-state index contributed by atoms with van der Waals surface area (Å²) in [5.41, 5.74) is 6.51. The molecule has 0 amide bonds. The van der Waals surface area contributed by atoms with Crippen molar-refractivity contribution < 1.29 is 17.9 Å². The third-order valence-corrected chi connectivity index (χ3v) is 5.33. The summed E-state index contributed by atoms with van der Waals surface area (Å²) in [5, 5.41) is 3.10. The van der Waals surface area contributed by atoms with E-state index in [1.54, 1.807) is 13.2 Å². The van der Waals surface area contributed by atoms with Gasteiger partial charge in [0.05, 0.1) is 24.9 Å².